The Morgan fingerprint density at radius 1 is 1.19 bits per heavy atom. The second kappa shape index (κ2) is 9.39. The first-order valence-electron chi connectivity index (χ1n) is 8.89. The largest absolute Gasteiger partial charge is 0.489 e. The third-order valence-corrected chi connectivity index (χ3v) is 4.39. The lowest BCUT2D eigenvalue weighted by molar-refractivity contribution is 0.363. The standard InChI is InChI=1S/C22H28N2OS/c1-6-12-25-19-9-7-8-18(14-19)23-22(26)24-21(15(2)3)20-11-10-16(4)13-17(20)5/h6-11,13-15,21H,1,12H2,2-5H3,(H2,23,24,26). The van der Waals surface area contributed by atoms with Gasteiger partial charge in [-0.3, -0.25) is 0 Å². The van der Waals surface area contributed by atoms with E-state index in [0.717, 1.165) is 11.4 Å². The zero-order valence-electron chi connectivity index (χ0n) is 16.0. The van der Waals surface area contributed by atoms with Gasteiger partial charge in [0.05, 0.1) is 6.04 Å². The van der Waals surface area contributed by atoms with Gasteiger partial charge in [-0.1, -0.05) is 56.3 Å². The van der Waals surface area contributed by atoms with E-state index in [1.165, 1.54) is 16.7 Å². The van der Waals surface area contributed by atoms with Gasteiger partial charge in [0, 0.05) is 11.8 Å². The van der Waals surface area contributed by atoms with E-state index in [1.807, 2.05) is 24.3 Å². The van der Waals surface area contributed by atoms with Crippen molar-refractivity contribution in [1.29, 1.82) is 0 Å². The summed E-state index contributed by atoms with van der Waals surface area (Å²) >= 11 is 5.55. The van der Waals surface area contributed by atoms with E-state index in [-0.39, 0.29) is 6.04 Å². The van der Waals surface area contributed by atoms with Crippen molar-refractivity contribution in [1.82, 2.24) is 5.32 Å². The maximum Gasteiger partial charge on any atom is 0.171 e. The van der Waals surface area contributed by atoms with Crippen molar-refractivity contribution in [2.24, 2.45) is 5.92 Å². The Morgan fingerprint density at radius 3 is 2.62 bits per heavy atom. The van der Waals surface area contributed by atoms with Gasteiger partial charge in [-0.2, -0.15) is 0 Å². The predicted molar refractivity (Wildman–Crippen MR) is 115 cm³/mol. The number of rotatable bonds is 7. The Hall–Kier alpha value is -2.33. The number of aryl methyl sites for hydroxylation is 2. The van der Waals surface area contributed by atoms with Crippen molar-refractivity contribution in [3.63, 3.8) is 0 Å². The quantitative estimate of drug-likeness (QED) is 0.496. The Balaban J connectivity index is 2.09. The summed E-state index contributed by atoms with van der Waals surface area (Å²) in [4.78, 5) is 0. The van der Waals surface area contributed by atoms with E-state index in [9.17, 15) is 0 Å². The van der Waals surface area contributed by atoms with E-state index in [1.54, 1.807) is 6.08 Å². The van der Waals surface area contributed by atoms with Crippen LogP contribution in [0.5, 0.6) is 5.75 Å². The minimum absolute atomic E-state index is 0.149. The summed E-state index contributed by atoms with van der Waals surface area (Å²) < 4.78 is 5.57. The molecule has 0 aliphatic rings. The molecular weight excluding hydrogens is 340 g/mol. The average molecular weight is 369 g/mol. The van der Waals surface area contributed by atoms with Crippen molar-refractivity contribution in [2.75, 3.05) is 11.9 Å². The molecule has 0 amide bonds. The lowest BCUT2D eigenvalue weighted by Gasteiger charge is -2.26. The molecule has 0 saturated heterocycles. The number of benzene rings is 2. The fraction of sp³-hybridized carbons (Fsp3) is 0.318. The first-order valence-corrected chi connectivity index (χ1v) is 9.30. The second-order valence-electron chi connectivity index (χ2n) is 6.81. The lowest BCUT2D eigenvalue weighted by atomic mass is 9.92. The molecule has 0 spiro atoms. The number of ether oxygens (including phenoxy) is 1. The number of thiocarbonyl (C=S) groups is 1. The number of anilines is 1. The van der Waals surface area contributed by atoms with Crippen LogP contribution in [-0.4, -0.2) is 11.7 Å². The molecule has 2 aromatic carbocycles. The van der Waals surface area contributed by atoms with Gasteiger partial charge in [-0.05, 0) is 55.2 Å². The summed E-state index contributed by atoms with van der Waals surface area (Å²) in [6.07, 6.45) is 1.73. The summed E-state index contributed by atoms with van der Waals surface area (Å²) in [7, 11) is 0. The number of nitrogens with one attached hydrogen (secondary N) is 2. The molecule has 0 aliphatic heterocycles. The van der Waals surface area contributed by atoms with Gasteiger partial charge in [-0.25, -0.2) is 0 Å². The van der Waals surface area contributed by atoms with Crippen LogP contribution in [0.4, 0.5) is 5.69 Å². The van der Waals surface area contributed by atoms with Crippen LogP contribution in [0.25, 0.3) is 0 Å². The van der Waals surface area contributed by atoms with Crippen LogP contribution in [0.1, 0.15) is 36.6 Å². The third kappa shape index (κ3) is 5.60. The van der Waals surface area contributed by atoms with Crippen LogP contribution < -0.4 is 15.4 Å². The van der Waals surface area contributed by atoms with Crippen molar-refractivity contribution >= 4 is 23.0 Å². The average Bonchev–Trinajstić information content (AvgIpc) is 2.58. The molecule has 0 aliphatic carbocycles. The van der Waals surface area contributed by atoms with Crippen LogP contribution in [-0.2, 0) is 0 Å². The lowest BCUT2D eigenvalue weighted by Crippen LogP contribution is -2.35. The highest BCUT2D eigenvalue weighted by atomic mass is 32.1. The van der Waals surface area contributed by atoms with Crippen molar-refractivity contribution in [2.45, 2.75) is 33.7 Å². The van der Waals surface area contributed by atoms with E-state index >= 15 is 0 Å². The van der Waals surface area contributed by atoms with E-state index in [0.29, 0.717) is 17.6 Å². The maximum atomic E-state index is 5.57. The molecule has 0 aromatic heterocycles. The molecule has 0 bridgehead atoms. The van der Waals surface area contributed by atoms with Crippen molar-refractivity contribution in [3.05, 3.63) is 71.8 Å². The first kappa shape index (κ1) is 20.0. The molecule has 0 saturated carbocycles. The van der Waals surface area contributed by atoms with Gasteiger partial charge in [0.1, 0.15) is 12.4 Å². The fourth-order valence-electron chi connectivity index (χ4n) is 2.91. The minimum Gasteiger partial charge on any atom is -0.489 e. The highest BCUT2D eigenvalue weighted by Crippen LogP contribution is 2.26. The van der Waals surface area contributed by atoms with Crippen LogP contribution in [0.2, 0.25) is 0 Å². The normalized spacial score (nSPS) is 11.7. The summed E-state index contributed by atoms with van der Waals surface area (Å²) in [5, 5.41) is 7.33. The Kier molecular flexibility index (Phi) is 7.22. The Labute approximate surface area is 162 Å². The minimum atomic E-state index is 0.149. The van der Waals surface area contributed by atoms with Gasteiger partial charge in [0.25, 0.3) is 0 Å². The van der Waals surface area contributed by atoms with E-state index in [2.05, 4.69) is 63.1 Å². The van der Waals surface area contributed by atoms with Crippen LogP contribution in [0, 0.1) is 19.8 Å². The molecule has 2 N–H and O–H groups in total. The van der Waals surface area contributed by atoms with Crippen LogP contribution >= 0.6 is 12.2 Å². The van der Waals surface area contributed by atoms with E-state index < -0.39 is 0 Å². The molecule has 26 heavy (non-hydrogen) atoms. The summed E-state index contributed by atoms with van der Waals surface area (Å²) in [5.74, 6) is 1.19. The number of hydrogen-bond acceptors (Lipinski definition) is 2. The summed E-state index contributed by atoms with van der Waals surface area (Å²) in [6, 6.07) is 14.4. The van der Waals surface area contributed by atoms with Gasteiger partial charge < -0.3 is 15.4 Å². The molecular formula is C22H28N2OS. The highest BCUT2D eigenvalue weighted by molar-refractivity contribution is 7.80. The molecule has 138 valence electrons. The molecule has 1 unspecified atom stereocenters. The molecule has 1 atom stereocenters. The summed E-state index contributed by atoms with van der Waals surface area (Å²) in [5.41, 5.74) is 4.72. The van der Waals surface area contributed by atoms with Crippen LogP contribution in [0.3, 0.4) is 0 Å². The van der Waals surface area contributed by atoms with Gasteiger partial charge in [0.15, 0.2) is 5.11 Å². The van der Waals surface area contributed by atoms with Gasteiger partial charge >= 0.3 is 0 Å². The smallest absolute Gasteiger partial charge is 0.171 e. The molecule has 2 aromatic rings. The third-order valence-electron chi connectivity index (χ3n) is 4.17. The molecule has 3 nitrogen and oxygen atoms in total. The fourth-order valence-corrected chi connectivity index (χ4v) is 3.15. The topological polar surface area (TPSA) is 33.3 Å². The summed E-state index contributed by atoms with van der Waals surface area (Å²) in [6.45, 7) is 12.8. The second-order valence-corrected chi connectivity index (χ2v) is 7.22. The van der Waals surface area contributed by atoms with Gasteiger partial charge in [-0.15, -0.1) is 0 Å². The zero-order valence-corrected chi connectivity index (χ0v) is 16.8. The zero-order chi connectivity index (χ0) is 19.1. The molecule has 4 heteroatoms. The maximum absolute atomic E-state index is 5.57. The van der Waals surface area contributed by atoms with Crippen molar-refractivity contribution < 1.29 is 4.74 Å². The number of hydrogen-bond donors (Lipinski definition) is 2. The Bertz CT molecular complexity index is 770. The van der Waals surface area contributed by atoms with Crippen LogP contribution in [0.15, 0.2) is 55.1 Å². The SMILES string of the molecule is C=CCOc1cccc(NC(=S)NC(c2ccc(C)cc2C)C(C)C)c1. The molecule has 2 rings (SSSR count). The van der Waals surface area contributed by atoms with Gasteiger partial charge in [0.2, 0.25) is 0 Å². The molecule has 0 heterocycles. The molecule has 0 radical (unpaired) electrons. The predicted octanol–water partition coefficient (Wildman–Crippen LogP) is 5.55. The Morgan fingerprint density at radius 2 is 1.96 bits per heavy atom. The van der Waals surface area contributed by atoms with E-state index in [4.69, 9.17) is 17.0 Å². The first-order chi connectivity index (χ1) is 12.4. The molecule has 0 fully saturated rings. The highest BCUT2D eigenvalue weighted by Gasteiger charge is 2.18. The monoisotopic (exact) mass is 368 g/mol. The van der Waals surface area contributed by atoms with Crippen molar-refractivity contribution in [3.8, 4) is 5.75 Å².